The maximum Gasteiger partial charge on any atom is 0.407 e. The first kappa shape index (κ1) is 19.7. The number of primary amides is 1. The number of ether oxygens (including phenoxy) is 1. The van der Waals surface area contributed by atoms with Crippen LogP contribution in [0.3, 0.4) is 0 Å². The molecule has 0 atom stereocenters. The Morgan fingerprint density at radius 1 is 1.34 bits per heavy atom. The number of carbonyl (C=O) groups excluding carboxylic acids is 2. The van der Waals surface area contributed by atoms with Gasteiger partial charge in [-0.05, 0) is 59.2 Å². The number of hydrogen-bond acceptors (Lipinski definition) is 7. The van der Waals surface area contributed by atoms with Gasteiger partial charge < -0.3 is 25.2 Å². The summed E-state index contributed by atoms with van der Waals surface area (Å²) in [7, 11) is 0. The maximum atomic E-state index is 12.0. The van der Waals surface area contributed by atoms with Gasteiger partial charge in [0.2, 0.25) is 0 Å². The fourth-order valence-electron chi connectivity index (χ4n) is 4.10. The lowest BCUT2D eigenvalue weighted by molar-refractivity contribution is 0.0457. The fourth-order valence-corrected chi connectivity index (χ4v) is 4.34. The molecule has 1 spiro atoms. The first-order valence-corrected chi connectivity index (χ1v) is 10.3. The van der Waals surface area contributed by atoms with E-state index in [1.165, 1.54) is 6.07 Å². The lowest BCUT2D eigenvalue weighted by atomic mass is 9.60. The molecule has 9 nitrogen and oxygen atoms in total. The largest absolute Gasteiger partial charge is 0.441 e. The summed E-state index contributed by atoms with van der Waals surface area (Å²) in [6.07, 6.45) is 5.41. The summed E-state index contributed by atoms with van der Waals surface area (Å²) in [5, 5.41) is 6.39. The van der Waals surface area contributed by atoms with Gasteiger partial charge in [-0.15, -0.1) is 0 Å². The summed E-state index contributed by atoms with van der Waals surface area (Å²) in [5.41, 5.74) is 5.41. The van der Waals surface area contributed by atoms with Crippen molar-refractivity contribution in [3.63, 3.8) is 0 Å². The first-order valence-electron chi connectivity index (χ1n) is 9.48. The van der Waals surface area contributed by atoms with E-state index in [2.05, 4.69) is 36.3 Å². The number of piperidine rings is 1. The number of alkyl carbamates (subject to hydrolysis) is 1. The average molecular weight is 464 g/mol. The van der Waals surface area contributed by atoms with E-state index in [1.54, 1.807) is 0 Å². The summed E-state index contributed by atoms with van der Waals surface area (Å²) >= 11 is 3.41. The minimum atomic E-state index is -0.689. The standard InChI is InChI=1S/C19H22BrN5O4/c20-12-1-2-16(22-10-12)25-5-3-19(4-6-25)8-13(9-19)23-18(27)28-11-14-7-15(17(21)26)24-29-14/h1-2,7,10,13H,3-6,8-9,11H2,(H2,21,26)(H,23,27). The Morgan fingerprint density at radius 2 is 2.10 bits per heavy atom. The van der Waals surface area contributed by atoms with Crippen molar-refractivity contribution in [1.82, 2.24) is 15.5 Å². The fraction of sp³-hybridized carbons (Fsp3) is 0.474. The molecule has 4 rings (SSSR count). The highest BCUT2D eigenvalue weighted by Gasteiger charge is 2.46. The van der Waals surface area contributed by atoms with E-state index in [1.807, 2.05) is 18.3 Å². The normalized spacial score (nSPS) is 18.3. The molecule has 2 aromatic rings. The molecule has 3 N–H and O–H groups in total. The molecule has 0 unspecified atom stereocenters. The molecular weight excluding hydrogens is 442 g/mol. The van der Waals surface area contributed by atoms with E-state index >= 15 is 0 Å². The van der Waals surface area contributed by atoms with Crippen LogP contribution < -0.4 is 16.0 Å². The Kier molecular flexibility index (Phi) is 5.44. The summed E-state index contributed by atoms with van der Waals surface area (Å²) < 4.78 is 11.0. The van der Waals surface area contributed by atoms with Gasteiger partial charge >= 0.3 is 6.09 Å². The van der Waals surface area contributed by atoms with E-state index in [0.29, 0.717) is 5.41 Å². The van der Waals surface area contributed by atoms with Crippen LogP contribution in [0.5, 0.6) is 0 Å². The smallest absolute Gasteiger partial charge is 0.407 e. The lowest BCUT2D eigenvalue weighted by Gasteiger charge is -2.52. The van der Waals surface area contributed by atoms with E-state index in [-0.39, 0.29) is 24.1 Å². The lowest BCUT2D eigenvalue weighted by Crippen LogP contribution is -2.55. The van der Waals surface area contributed by atoms with Crippen molar-refractivity contribution in [2.75, 3.05) is 18.0 Å². The summed E-state index contributed by atoms with van der Waals surface area (Å²) in [6.45, 7) is 1.85. The molecule has 29 heavy (non-hydrogen) atoms. The Morgan fingerprint density at radius 3 is 2.72 bits per heavy atom. The molecule has 2 aromatic heterocycles. The van der Waals surface area contributed by atoms with Crippen molar-refractivity contribution < 1.29 is 18.8 Å². The van der Waals surface area contributed by atoms with E-state index in [9.17, 15) is 9.59 Å². The van der Waals surface area contributed by atoms with E-state index < -0.39 is 12.0 Å². The van der Waals surface area contributed by atoms with E-state index in [0.717, 1.165) is 49.1 Å². The molecule has 1 saturated carbocycles. The van der Waals surface area contributed by atoms with Gasteiger partial charge in [-0.2, -0.15) is 0 Å². The van der Waals surface area contributed by atoms with Gasteiger partial charge in [-0.3, -0.25) is 4.79 Å². The highest BCUT2D eigenvalue weighted by atomic mass is 79.9. The van der Waals surface area contributed by atoms with Gasteiger partial charge in [0.15, 0.2) is 18.1 Å². The third-order valence-corrected chi connectivity index (χ3v) is 6.17. The SMILES string of the molecule is NC(=O)c1cc(COC(=O)NC2CC3(CCN(c4ccc(Br)cn4)CC3)C2)on1. The van der Waals surface area contributed by atoms with Crippen molar-refractivity contribution in [1.29, 1.82) is 0 Å². The number of nitrogens with one attached hydrogen (secondary N) is 1. The summed E-state index contributed by atoms with van der Waals surface area (Å²) in [6, 6.07) is 5.53. The predicted molar refractivity (Wildman–Crippen MR) is 107 cm³/mol. The second-order valence-corrected chi connectivity index (χ2v) is 8.61. The monoisotopic (exact) mass is 463 g/mol. The number of carbonyl (C=O) groups is 2. The second-order valence-electron chi connectivity index (χ2n) is 7.69. The minimum absolute atomic E-state index is 0.00891. The number of hydrogen-bond donors (Lipinski definition) is 2. The molecule has 1 saturated heterocycles. The number of aromatic nitrogens is 2. The Hall–Kier alpha value is -2.62. The van der Waals surface area contributed by atoms with Crippen molar-refractivity contribution >= 4 is 33.7 Å². The summed E-state index contributed by atoms with van der Waals surface area (Å²) in [4.78, 5) is 29.7. The van der Waals surface area contributed by atoms with Crippen molar-refractivity contribution in [2.24, 2.45) is 11.1 Å². The number of rotatable bonds is 5. The Balaban J connectivity index is 1.18. The number of pyridine rings is 1. The highest BCUT2D eigenvalue weighted by Crippen LogP contribution is 2.49. The first-order chi connectivity index (χ1) is 13.9. The van der Waals surface area contributed by atoms with Crippen molar-refractivity contribution in [3.05, 3.63) is 40.3 Å². The highest BCUT2D eigenvalue weighted by molar-refractivity contribution is 9.10. The molecule has 2 fully saturated rings. The molecular formula is C19H22BrN5O4. The van der Waals surface area contributed by atoms with Gasteiger partial charge in [0.05, 0.1) is 0 Å². The van der Waals surface area contributed by atoms with Gasteiger partial charge in [0.25, 0.3) is 5.91 Å². The zero-order valence-corrected chi connectivity index (χ0v) is 17.4. The average Bonchev–Trinajstić information content (AvgIpc) is 3.16. The predicted octanol–water partition coefficient (Wildman–Crippen LogP) is 2.61. The van der Waals surface area contributed by atoms with Crippen molar-refractivity contribution in [2.45, 2.75) is 38.3 Å². The van der Waals surface area contributed by atoms with Gasteiger partial charge in [0, 0.05) is 35.9 Å². The molecule has 0 radical (unpaired) electrons. The molecule has 0 bridgehead atoms. The van der Waals surface area contributed by atoms with Crippen LogP contribution in [0, 0.1) is 5.41 Å². The van der Waals surface area contributed by atoms with Crippen LogP contribution in [0.2, 0.25) is 0 Å². The molecule has 1 aliphatic carbocycles. The van der Waals surface area contributed by atoms with Gasteiger partial charge in [0.1, 0.15) is 5.82 Å². The number of anilines is 1. The van der Waals surface area contributed by atoms with Gasteiger partial charge in [-0.1, -0.05) is 5.16 Å². The van der Waals surface area contributed by atoms with Crippen LogP contribution >= 0.6 is 15.9 Å². The molecule has 2 amide bonds. The van der Waals surface area contributed by atoms with Crippen LogP contribution in [-0.4, -0.2) is 41.3 Å². The molecule has 154 valence electrons. The number of nitrogens with two attached hydrogens (primary N) is 1. The second kappa shape index (κ2) is 8.02. The van der Waals surface area contributed by atoms with Gasteiger partial charge in [-0.25, -0.2) is 9.78 Å². The van der Waals surface area contributed by atoms with Crippen LogP contribution in [0.4, 0.5) is 10.6 Å². The van der Waals surface area contributed by atoms with Crippen LogP contribution in [-0.2, 0) is 11.3 Å². The minimum Gasteiger partial charge on any atom is -0.441 e. The third-order valence-electron chi connectivity index (χ3n) is 5.70. The van der Waals surface area contributed by atoms with Crippen LogP contribution in [0.25, 0.3) is 0 Å². The molecule has 0 aromatic carbocycles. The molecule has 10 heteroatoms. The maximum absolute atomic E-state index is 12.0. The van der Waals surface area contributed by atoms with Crippen LogP contribution in [0.15, 0.2) is 33.4 Å². The van der Waals surface area contributed by atoms with E-state index in [4.69, 9.17) is 15.0 Å². The van der Waals surface area contributed by atoms with Crippen molar-refractivity contribution in [3.8, 4) is 0 Å². The quantitative estimate of drug-likeness (QED) is 0.697. The number of halogens is 1. The van der Waals surface area contributed by atoms with Crippen LogP contribution in [0.1, 0.15) is 41.9 Å². The zero-order valence-electron chi connectivity index (χ0n) is 15.8. The molecule has 3 heterocycles. The summed E-state index contributed by atoms with van der Waals surface area (Å²) in [5.74, 6) is 0.590. The molecule has 1 aliphatic heterocycles. The third kappa shape index (κ3) is 4.52. The Labute approximate surface area is 176 Å². The molecule has 2 aliphatic rings. The number of nitrogens with zero attached hydrogens (tertiary/aromatic N) is 3. The Bertz CT molecular complexity index is 884. The number of amides is 2. The zero-order chi connectivity index (χ0) is 20.4. The topological polar surface area (TPSA) is 124 Å².